The first kappa shape index (κ1) is 17.6. The third kappa shape index (κ3) is 6.22. The second kappa shape index (κ2) is 8.09. The SMILES string of the molecule is CCC(CO)NCc1ccc(OCC(F)(F)F)c(OC)c1. The normalized spacial score (nSPS) is 13.0. The van der Waals surface area contributed by atoms with Crippen LogP contribution in [0.3, 0.4) is 0 Å². The Morgan fingerprint density at radius 3 is 2.52 bits per heavy atom. The molecule has 0 bridgehead atoms. The molecule has 0 saturated carbocycles. The zero-order valence-corrected chi connectivity index (χ0v) is 12.0. The summed E-state index contributed by atoms with van der Waals surface area (Å²) in [5.41, 5.74) is 0.832. The molecule has 0 heterocycles. The van der Waals surface area contributed by atoms with Gasteiger partial charge >= 0.3 is 6.18 Å². The van der Waals surface area contributed by atoms with Gasteiger partial charge in [-0.05, 0) is 24.1 Å². The molecule has 21 heavy (non-hydrogen) atoms. The lowest BCUT2D eigenvalue weighted by Crippen LogP contribution is -2.31. The number of ether oxygens (including phenoxy) is 2. The van der Waals surface area contributed by atoms with Crippen molar-refractivity contribution in [2.45, 2.75) is 32.1 Å². The van der Waals surface area contributed by atoms with Crippen molar-refractivity contribution in [3.8, 4) is 11.5 Å². The molecule has 7 heteroatoms. The quantitative estimate of drug-likeness (QED) is 0.775. The number of methoxy groups -OCH3 is 1. The van der Waals surface area contributed by atoms with Crippen LogP contribution in [-0.4, -0.2) is 37.6 Å². The van der Waals surface area contributed by atoms with E-state index in [1.807, 2.05) is 6.92 Å². The third-order valence-corrected chi connectivity index (χ3v) is 2.93. The van der Waals surface area contributed by atoms with Crippen LogP contribution < -0.4 is 14.8 Å². The lowest BCUT2D eigenvalue weighted by molar-refractivity contribution is -0.153. The number of rotatable bonds is 8. The summed E-state index contributed by atoms with van der Waals surface area (Å²) in [6, 6.07) is 4.70. The summed E-state index contributed by atoms with van der Waals surface area (Å²) in [5.74, 6) is 0.295. The van der Waals surface area contributed by atoms with Gasteiger partial charge < -0.3 is 19.9 Å². The van der Waals surface area contributed by atoms with E-state index in [-0.39, 0.29) is 24.1 Å². The molecular formula is C14H20F3NO3. The van der Waals surface area contributed by atoms with Gasteiger partial charge in [-0.1, -0.05) is 13.0 Å². The van der Waals surface area contributed by atoms with Crippen LogP contribution in [0, 0.1) is 0 Å². The molecule has 0 spiro atoms. The Kier molecular flexibility index (Phi) is 6.77. The Morgan fingerprint density at radius 2 is 2.00 bits per heavy atom. The van der Waals surface area contributed by atoms with Gasteiger partial charge in [-0.3, -0.25) is 0 Å². The molecule has 0 aliphatic rings. The summed E-state index contributed by atoms with van der Waals surface area (Å²) in [6.45, 7) is 1.10. The fourth-order valence-electron chi connectivity index (χ4n) is 1.70. The van der Waals surface area contributed by atoms with E-state index in [4.69, 9.17) is 14.6 Å². The van der Waals surface area contributed by atoms with Crippen LogP contribution in [0.25, 0.3) is 0 Å². The van der Waals surface area contributed by atoms with Gasteiger partial charge in [-0.25, -0.2) is 0 Å². The van der Waals surface area contributed by atoms with E-state index in [2.05, 4.69) is 5.32 Å². The van der Waals surface area contributed by atoms with Crippen LogP contribution >= 0.6 is 0 Å². The Balaban J connectivity index is 2.69. The molecule has 0 amide bonds. The largest absolute Gasteiger partial charge is 0.493 e. The molecule has 1 aromatic rings. The molecule has 1 rings (SSSR count). The van der Waals surface area contributed by atoms with Crippen molar-refractivity contribution in [3.05, 3.63) is 23.8 Å². The summed E-state index contributed by atoms with van der Waals surface area (Å²) in [6.07, 6.45) is -3.61. The molecule has 0 fully saturated rings. The second-order valence-electron chi connectivity index (χ2n) is 4.56. The van der Waals surface area contributed by atoms with Crippen LogP contribution in [0.4, 0.5) is 13.2 Å². The summed E-state index contributed by atoms with van der Waals surface area (Å²) >= 11 is 0. The highest BCUT2D eigenvalue weighted by molar-refractivity contribution is 5.43. The van der Waals surface area contributed by atoms with Gasteiger partial charge in [-0.2, -0.15) is 13.2 Å². The summed E-state index contributed by atoms with van der Waals surface area (Å²) in [4.78, 5) is 0. The van der Waals surface area contributed by atoms with Crippen molar-refractivity contribution in [2.24, 2.45) is 0 Å². The molecule has 1 aromatic carbocycles. The number of hydrogen-bond acceptors (Lipinski definition) is 4. The van der Waals surface area contributed by atoms with Crippen molar-refractivity contribution < 1.29 is 27.8 Å². The maximum absolute atomic E-state index is 12.1. The number of halogens is 3. The number of hydrogen-bond donors (Lipinski definition) is 2. The van der Waals surface area contributed by atoms with E-state index in [0.717, 1.165) is 12.0 Å². The average molecular weight is 307 g/mol. The van der Waals surface area contributed by atoms with Gasteiger partial charge in [0.25, 0.3) is 0 Å². The van der Waals surface area contributed by atoms with Crippen LogP contribution in [0.15, 0.2) is 18.2 Å². The Morgan fingerprint density at radius 1 is 1.29 bits per heavy atom. The smallest absolute Gasteiger partial charge is 0.422 e. The van der Waals surface area contributed by atoms with Crippen molar-refractivity contribution in [1.29, 1.82) is 0 Å². The van der Waals surface area contributed by atoms with Crippen molar-refractivity contribution in [2.75, 3.05) is 20.3 Å². The van der Waals surface area contributed by atoms with E-state index < -0.39 is 12.8 Å². The van der Waals surface area contributed by atoms with Gasteiger partial charge in [-0.15, -0.1) is 0 Å². The minimum atomic E-state index is -4.39. The highest BCUT2D eigenvalue weighted by Crippen LogP contribution is 2.29. The molecule has 4 nitrogen and oxygen atoms in total. The Hall–Kier alpha value is -1.47. The number of benzene rings is 1. The first-order valence-corrected chi connectivity index (χ1v) is 6.60. The number of aliphatic hydroxyl groups excluding tert-OH is 1. The first-order chi connectivity index (χ1) is 9.89. The van der Waals surface area contributed by atoms with Gasteiger partial charge in [0.2, 0.25) is 0 Å². The molecule has 2 N–H and O–H groups in total. The molecule has 0 aliphatic heterocycles. The lowest BCUT2D eigenvalue weighted by atomic mass is 10.1. The average Bonchev–Trinajstić information content (AvgIpc) is 2.45. The molecular weight excluding hydrogens is 287 g/mol. The fourth-order valence-corrected chi connectivity index (χ4v) is 1.70. The van der Waals surface area contributed by atoms with E-state index in [1.54, 1.807) is 12.1 Å². The fraction of sp³-hybridized carbons (Fsp3) is 0.571. The van der Waals surface area contributed by atoms with Crippen LogP contribution in [0.1, 0.15) is 18.9 Å². The minimum Gasteiger partial charge on any atom is -0.493 e. The highest BCUT2D eigenvalue weighted by Gasteiger charge is 2.29. The van der Waals surface area contributed by atoms with E-state index in [9.17, 15) is 13.2 Å². The van der Waals surface area contributed by atoms with Crippen molar-refractivity contribution in [3.63, 3.8) is 0 Å². The number of aliphatic hydroxyl groups is 1. The summed E-state index contributed by atoms with van der Waals surface area (Å²) in [5, 5.41) is 12.2. The first-order valence-electron chi connectivity index (χ1n) is 6.60. The minimum absolute atomic E-state index is 0.0165. The highest BCUT2D eigenvalue weighted by atomic mass is 19.4. The molecule has 120 valence electrons. The maximum Gasteiger partial charge on any atom is 0.422 e. The van der Waals surface area contributed by atoms with E-state index in [1.165, 1.54) is 13.2 Å². The summed E-state index contributed by atoms with van der Waals surface area (Å²) < 4.78 is 46.2. The van der Waals surface area contributed by atoms with Gasteiger partial charge in [0.05, 0.1) is 13.7 Å². The van der Waals surface area contributed by atoms with Crippen LogP contribution in [-0.2, 0) is 6.54 Å². The van der Waals surface area contributed by atoms with Crippen molar-refractivity contribution >= 4 is 0 Å². The standard InChI is InChI=1S/C14H20F3NO3/c1-3-11(8-19)18-7-10-4-5-12(13(6-10)20-2)21-9-14(15,16)17/h4-6,11,18-19H,3,7-9H2,1-2H3. The van der Waals surface area contributed by atoms with Crippen LogP contribution in [0.2, 0.25) is 0 Å². The van der Waals surface area contributed by atoms with E-state index >= 15 is 0 Å². The molecule has 0 aliphatic carbocycles. The monoisotopic (exact) mass is 307 g/mol. The zero-order chi connectivity index (χ0) is 15.9. The maximum atomic E-state index is 12.1. The molecule has 1 atom stereocenters. The van der Waals surface area contributed by atoms with Crippen LogP contribution in [0.5, 0.6) is 11.5 Å². The lowest BCUT2D eigenvalue weighted by Gasteiger charge is -2.16. The molecule has 1 unspecified atom stereocenters. The van der Waals surface area contributed by atoms with Crippen molar-refractivity contribution in [1.82, 2.24) is 5.32 Å². The topological polar surface area (TPSA) is 50.7 Å². The Bertz CT molecular complexity index is 434. The van der Waals surface area contributed by atoms with Gasteiger partial charge in [0.15, 0.2) is 18.1 Å². The van der Waals surface area contributed by atoms with E-state index in [0.29, 0.717) is 6.54 Å². The molecule has 0 aromatic heterocycles. The third-order valence-electron chi connectivity index (χ3n) is 2.93. The second-order valence-corrected chi connectivity index (χ2v) is 4.56. The summed E-state index contributed by atoms with van der Waals surface area (Å²) in [7, 11) is 1.37. The number of nitrogens with one attached hydrogen (secondary N) is 1. The predicted molar refractivity (Wildman–Crippen MR) is 72.5 cm³/mol. The molecule has 0 saturated heterocycles. The number of alkyl halides is 3. The molecule has 0 radical (unpaired) electrons. The van der Waals surface area contributed by atoms with Gasteiger partial charge in [0.1, 0.15) is 0 Å². The zero-order valence-electron chi connectivity index (χ0n) is 12.0. The predicted octanol–water partition coefficient (Wildman–Crippen LogP) is 2.50. The Labute approximate surface area is 121 Å². The van der Waals surface area contributed by atoms with Gasteiger partial charge in [0, 0.05) is 12.6 Å².